The molecule has 5 heteroatoms. The minimum atomic E-state index is -1.74. The third-order valence-electron chi connectivity index (χ3n) is 5.24. The van der Waals surface area contributed by atoms with E-state index in [-0.39, 0.29) is 12.8 Å². The molecule has 0 radical (unpaired) electrons. The van der Waals surface area contributed by atoms with Crippen LogP contribution in [0, 0.1) is 11.3 Å². The molecule has 0 aliphatic heterocycles. The van der Waals surface area contributed by atoms with E-state index in [9.17, 15) is 19.5 Å². The molecule has 1 unspecified atom stereocenters. The Balaban J connectivity index is 2.27. The topological polar surface area (TPSA) is 83.5 Å². The van der Waals surface area contributed by atoms with Crippen LogP contribution < -0.4 is 5.32 Å². The fourth-order valence-electron chi connectivity index (χ4n) is 3.43. The fraction of sp³-hybridized carbons (Fsp3) is 0.318. The van der Waals surface area contributed by atoms with Crippen LogP contribution in [0.3, 0.4) is 0 Å². The Morgan fingerprint density at radius 2 is 1.56 bits per heavy atom. The van der Waals surface area contributed by atoms with Crippen molar-refractivity contribution in [3.05, 3.63) is 60.2 Å². The molecule has 27 heavy (non-hydrogen) atoms. The zero-order valence-electron chi connectivity index (χ0n) is 15.9. The summed E-state index contributed by atoms with van der Waals surface area (Å²) in [7, 11) is 1.44. The number of hydrogen-bond donors (Lipinski definition) is 2. The van der Waals surface area contributed by atoms with Crippen molar-refractivity contribution in [2.75, 3.05) is 7.05 Å². The number of nitrogens with one attached hydrogen (secondary N) is 1. The first-order valence-corrected chi connectivity index (χ1v) is 8.99. The van der Waals surface area contributed by atoms with Crippen molar-refractivity contribution in [3.63, 3.8) is 0 Å². The molecule has 142 valence electrons. The van der Waals surface area contributed by atoms with Gasteiger partial charge in [0.15, 0.2) is 5.78 Å². The summed E-state index contributed by atoms with van der Waals surface area (Å²) in [6.45, 7) is 3.12. The third kappa shape index (κ3) is 4.08. The number of hydrogen-bond acceptors (Lipinski definition) is 3. The predicted octanol–water partition coefficient (Wildman–Crippen LogP) is 3.33. The highest BCUT2D eigenvalue weighted by atomic mass is 16.4. The maximum Gasteiger partial charge on any atom is 0.318 e. The maximum absolute atomic E-state index is 13.0. The molecule has 5 nitrogen and oxygen atoms in total. The van der Waals surface area contributed by atoms with Gasteiger partial charge in [0.05, 0.1) is 5.92 Å². The van der Waals surface area contributed by atoms with Crippen molar-refractivity contribution in [1.82, 2.24) is 5.32 Å². The molecule has 2 N–H and O–H groups in total. The van der Waals surface area contributed by atoms with E-state index in [0.29, 0.717) is 0 Å². The Morgan fingerprint density at radius 3 is 2.04 bits per heavy atom. The van der Waals surface area contributed by atoms with E-state index >= 15 is 0 Å². The standard InChI is InChI=1S/C22H25NO4/c1-4-22(21(26)27,15(2)20(25)23-3)19(24)14-16-10-12-18(13-11-16)17-8-6-5-7-9-17/h5-13,15H,4,14H2,1-3H3,(H,23,25)(H,26,27)/t15-,22?/m0/s1. The average Bonchev–Trinajstić information content (AvgIpc) is 2.69. The highest BCUT2D eigenvalue weighted by Gasteiger charge is 2.51. The number of benzene rings is 2. The van der Waals surface area contributed by atoms with E-state index in [1.807, 2.05) is 54.6 Å². The molecular formula is C22H25NO4. The first-order chi connectivity index (χ1) is 12.9. The van der Waals surface area contributed by atoms with Crippen LogP contribution in [0.4, 0.5) is 0 Å². The van der Waals surface area contributed by atoms with Crippen molar-refractivity contribution in [3.8, 4) is 11.1 Å². The molecule has 0 saturated carbocycles. The van der Waals surface area contributed by atoms with Gasteiger partial charge in [0, 0.05) is 13.5 Å². The van der Waals surface area contributed by atoms with Crippen LogP contribution in [0.15, 0.2) is 54.6 Å². The second-order valence-electron chi connectivity index (χ2n) is 6.63. The van der Waals surface area contributed by atoms with Gasteiger partial charge >= 0.3 is 5.97 Å². The minimum Gasteiger partial charge on any atom is -0.480 e. The summed E-state index contributed by atoms with van der Waals surface area (Å²) in [5.41, 5.74) is 1.07. The molecule has 0 saturated heterocycles. The number of carboxylic acids is 1. The summed E-state index contributed by atoms with van der Waals surface area (Å²) >= 11 is 0. The van der Waals surface area contributed by atoms with Gasteiger partial charge in [0.1, 0.15) is 5.41 Å². The van der Waals surface area contributed by atoms with Gasteiger partial charge in [-0.25, -0.2) is 0 Å². The molecule has 2 rings (SSSR count). The van der Waals surface area contributed by atoms with Crippen molar-refractivity contribution < 1.29 is 19.5 Å². The Labute approximate surface area is 159 Å². The lowest BCUT2D eigenvalue weighted by molar-refractivity contribution is -0.162. The summed E-state index contributed by atoms with van der Waals surface area (Å²) in [5.74, 6) is -3.12. The van der Waals surface area contributed by atoms with Crippen LogP contribution in [0.25, 0.3) is 11.1 Å². The minimum absolute atomic E-state index is 0.0312. The number of carbonyl (C=O) groups excluding carboxylic acids is 2. The van der Waals surface area contributed by atoms with Gasteiger partial charge in [-0.3, -0.25) is 14.4 Å². The smallest absolute Gasteiger partial charge is 0.318 e. The molecule has 1 amide bonds. The molecule has 2 aromatic rings. The van der Waals surface area contributed by atoms with Crippen LogP contribution in [-0.4, -0.2) is 29.8 Å². The van der Waals surface area contributed by atoms with Gasteiger partial charge < -0.3 is 10.4 Å². The van der Waals surface area contributed by atoms with E-state index in [2.05, 4.69) is 5.32 Å². The number of carboxylic acid groups (broad SMARTS) is 1. The van der Waals surface area contributed by atoms with E-state index in [0.717, 1.165) is 16.7 Å². The molecule has 0 aliphatic rings. The van der Waals surface area contributed by atoms with Crippen molar-refractivity contribution in [2.24, 2.45) is 11.3 Å². The van der Waals surface area contributed by atoms with E-state index in [4.69, 9.17) is 0 Å². The Morgan fingerprint density at radius 1 is 1.00 bits per heavy atom. The Kier molecular flexibility index (Phi) is 6.50. The predicted molar refractivity (Wildman–Crippen MR) is 104 cm³/mol. The van der Waals surface area contributed by atoms with E-state index in [1.54, 1.807) is 6.92 Å². The van der Waals surface area contributed by atoms with Crippen LogP contribution in [0.2, 0.25) is 0 Å². The largest absolute Gasteiger partial charge is 0.480 e. The normalized spacial score (nSPS) is 14.0. The lowest BCUT2D eigenvalue weighted by Gasteiger charge is -2.31. The number of ketones is 1. The van der Waals surface area contributed by atoms with Crippen LogP contribution >= 0.6 is 0 Å². The SMILES string of the molecule is CCC(C(=O)O)(C(=O)Cc1ccc(-c2ccccc2)cc1)[C@@H](C)C(=O)NC. The molecule has 2 aromatic carbocycles. The van der Waals surface area contributed by atoms with Gasteiger partial charge in [0.25, 0.3) is 0 Å². The fourth-order valence-corrected chi connectivity index (χ4v) is 3.43. The van der Waals surface area contributed by atoms with Gasteiger partial charge in [-0.1, -0.05) is 68.4 Å². The second kappa shape index (κ2) is 8.62. The second-order valence-corrected chi connectivity index (χ2v) is 6.63. The van der Waals surface area contributed by atoms with Crippen molar-refractivity contribution >= 4 is 17.7 Å². The first kappa shape index (κ1) is 20.4. The van der Waals surface area contributed by atoms with Gasteiger partial charge in [-0.2, -0.15) is 0 Å². The molecule has 0 spiro atoms. The summed E-state index contributed by atoms with van der Waals surface area (Å²) in [6.07, 6.45) is 0.0222. The van der Waals surface area contributed by atoms with Gasteiger partial charge in [-0.05, 0) is 23.1 Å². The Bertz CT molecular complexity index is 814. The first-order valence-electron chi connectivity index (χ1n) is 8.99. The summed E-state index contributed by atoms with van der Waals surface area (Å²) < 4.78 is 0. The highest BCUT2D eigenvalue weighted by Crippen LogP contribution is 2.35. The van der Waals surface area contributed by atoms with Crippen LogP contribution in [0.1, 0.15) is 25.8 Å². The lowest BCUT2D eigenvalue weighted by Crippen LogP contribution is -2.50. The number of amides is 1. The molecule has 0 fully saturated rings. The number of Topliss-reactive ketones (excluding diaryl/α,β-unsaturated/α-hetero) is 1. The molecular weight excluding hydrogens is 342 g/mol. The highest BCUT2D eigenvalue weighted by molar-refractivity contribution is 6.07. The zero-order chi connectivity index (χ0) is 20.0. The number of rotatable bonds is 8. The quantitative estimate of drug-likeness (QED) is 0.701. The van der Waals surface area contributed by atoms with E-state index in [1.165, 1.54) is 14.0 Å². The zero-order valence-corrected chi connectivity index (χ0v) is 15.9. The summed E-state index contributed by atoms with van der Waals surface area (Å²) in [5, 5.41) is 12.2. The lowest BCUT2D eigenvalue weighted by atomic mass is 9.69. The third-order valence-corrected chi connectivity index (χ3v) is 5.24. The van der Waals surface area contributed by atoms with Gasteiger partial charge in [-0.15, -0.1) is 0 Å². The molecule has 0 bridgehead atoms. The van der Waals surface area contributed by atoms with Crippen molar-refractivity contribution in [2.45, 2.75) is 26.7 Å². The number of carbonyl (C=O) groups is 3. The number of aliphatic carboxylic acids is 1. The molecule has 0 aliphatic carbocycles. The van der Waals surface area contributed by atoms with Crippen molar-refractivity contribution in [1.29, 1.82) is 0 Å². The summed E-state index contributed by atoms with van der Waals surface area (Å²) in [4.78, 5) is 37.0. The maximum atomic E-state index is 13.0. The van der Waals surface area contributed by atoms with Gasteiger partial charge in [0.2, 0.25) is 5.91 Å². The average molecular weight is 367 g/mol. The monoisotopic (exact) mass is 367 g/mol. The molecule has 0 heterocycles. The van der Waals surface area contributed by atoms with Crippen LogP contribution in [0.5, 0.6) is 0 Å². The Hall–Kier alpha value is -2.95. The van der Waals surface area contributed by atoms with E-state index < -0.39 is 29.0 Å². The van der Waals surface area contributed by atoms with Crippen LogP contribution in [-0.2, 0) is 20.8 Å². The summed E-state index contributed by atoms with van der Waals surface area (Å²) in [6, 6.07) is 17.3. The molecule has 0 aromatic heterocycles. The molecule has 2 atom stereocenters.